The van der Waals surface area contributed by atoms with Crippen molar-refractivity contribution in [3.05, 3.63) is 35.5 Å². The predicted octanol–water partition coefficient (Wildman–Crippen LogP) is 3.50. The molecule has 1 aromatic carbocycles. The topological polar surface area (TPSA) is 28.6 Å². The summed E-state index contributed by atoms with van der Waals surface area (Å²) in [6.45, 7) is 7.17. The first-order valence-corrected chi connectivity index (χ1v) is 9.92. The number of hydrogen-bond donors (Lipinski definition) is 0. The molecular weight excluding hydrogens is 337 g/mol. The first-order valence-electron chi connectivity index (χ1n) is 9.04. The molecule has 134 valence electrons. The largest absolute Gasteiger partial charge is 0.379 e. The molecule has 2 aromatic rings. The van der Waals surface area contributed by atoms with E-state index < -0.39 is 0 Å². The van der Waals surface area contributed by atoms with Gasteiger partial charge in [-0.2, -0.15) is 0 Å². The molecule has 0 saturated carbocycles. The molecule has 4 nitrogen and oxygen atoms in total. The average molecular weight is 361 g/mol. The summed E-state index contributed by atoms with van der Waals surface area (Å²) in [6.07, 6.45) is 2.52. The Bertz CT molecular complexity index is 684. The Labute approximate surface area is 152 Å². The number of halogens is 1. The number of morpholine rings is 1. The van der Waals surface area contributed by atoms with Crippen molar-refractivity contribution in [2.75, 3.05) is 50.8 Å². The maximum Gasteiger partial charge on any atom is 0.185 e. The minimum Gasteiger partial charge on any atom is -0.379 e. The zero-order chi connectivity index (χ0) is 17.1. The van der Waals surface area contributed by atoms with Crippen LogP contribution in [0, 0.1) is 11.7 Å². The van der Waals surface area contributed by atoms with E-state index >= 15 is 0 Å². The van der Waals surface area contributed by atoms with E-state index in [9.17, 15) is 4.39 Å². The maximum atomic E-state index is 13.1. The molecule has 2 fully saturated rings. The summed E-state index contributed by atoms with van der Waals surface area (Å²) in [5.74, 6) is 0.492. The van der Waals surface area contributed by atoms with Gasteiger partial charge in [-0.15, -0.1) is 11.3 Å². The van der Waals surface area contributed by atoms with E-state index in [0.717, 1.165) is 62.3 Å². The Balaban J connectivity index is 1.40. The molecule has 6 heteroatoms. The van der Waals surface area contributed by atoms with Gasteiger partial charge >= 0.3 is 0 Å². The van der Waals surface area contributed by atoms with E-state index in [0.29, 0.717) is 5.92 Å². The van der Waals surface area contributed by atoms with Crippen molar-refractivity contribution >= 4 is 16.5 Å². The predicted molar refractivity (Wildman–Crippen MR) is 99.7 cm³/mol. The zero-order valence-electron chi connectivity index (χ0n) is 14.4. The highest BCUT2D eigenvalue weighted by Crippen LogP contribution is 2.30. The van der Waals surface area contributed by atoms with E-state index in [1.54, 1.807) is 23.5 Å². The van der Waals surface area contributed by atoms with Crippen LogP contribution in [0.4, 0.5) is 9.52 Å². The second-order valence-electron chi connectivity index (χ2n) is 6.89. The molecule has 0 radical (unpaired) electrons. The fraction of sp³-hybridized carbons (Fsp3) is 0.526. The highest BCUT2D eigenvalue weighted by Gasteiger charge is 2.24. The van der Waals surface area contributed by atoms with E-state index in [1.165, 1.54) is 25.0 Å². The minimum atomic E-state index is -0.207. The fourth-order valence-electron chi connectivity index (χ4n) is 3.70. The number of rotatable bonds is 4. The first-order chi connectivity index (χ1) is 12.3. The quantitative estimate of drug-likeness (QED) is 0.833. The van der Waals surface area contributed by atoms with Crippen LogP contribution in [0.1, 0.15) is 12.8 Å². The molecule has 2 aliphatic rings. The van der Waals surface area contributed by atoms with Crippen LogP contribution in [-0.4, -0.2) is 55.8 Å². The molecule has 0 amide bonds. The monoisotopic (exact) mass is 361 g/mol. The summed E-state index contributed by atoms with van der Waals surface area (Å²) in [5.41, 5.74) is 1.92. The average Bonchev–Trinajstić information content (AvgIpc) is 3.14. The number of aromatic nitrogens is 1. The SMILES string of the molecule is Fc1ccc(-c2csc(N3CCCC(CN4CCOCC4)C3)n2)cc1. The van der Waals surface area contributed by atoms with E-state index in [-0.39, 0.29) is 5.82 Å². The van der Waals surface area contributed by atoms with Gasteiger partial charge in [0, 0.05) is 43.7 Å². The molecule has 2 saturated heterocycles. The number of thiazole rings is 1. The molecule has 0 N–H and O–H groups in total. The third kappa shape index (κ3) is 4.19. The lowest BCUT2D eigenvalue weighted by Gasteiger charge is -2.36. The number of anilines is 1. The van der Waals surface area contributed by atoms with Gasteiger partial charge < -0.3 is 9.64 Å². The summed E-state index contributed by atoms with van der Waals surface area (Å²) >= 11 is 1.69. The normalized spacial score (nSPS) is 22.3. The molecular formula is C19H24FN3OS. The summed E-state index contributed by atoms with van der Waals surface area (Å²) in [6, 6.07) is 6.58. The molecule has 1 aromatic heterocycles. The molecule has 0 bridgehead atoms. The third-order valence-corrected chi connectivity index (χ3v) is 5.94. The fourth-order valence-corrected chi connectivity index (χ4v) is 4.57. The van der Waals surface area contributed by atoms with Crippen LogP contribution in [0.2, 0.25) is 0 Å². The van der Waals surface area contributed by atoms with Gasteiger partial charge in [0.2, 0.25) is 0 Å². The Morgan fingerprint density at radius 2 is 1.96 bits per heavy atom. The van der Waals surface area contributed by atoms with Gasteiger partial charge in [0.25, 0.3) is 0 Å². The van der Waals surface area contributed by atoms with Gasteiger partial charge in [-0.05, 0) is 43.0 Å². The molecule has 4 rings (SSSR count). The van der Waals surface area contributed by atoms with Crippen molar-refractivity contribution in [3.63, 3.8) is 0 Å². The van der Waals surface area contributed by atoms with Crippen LogP contribution in [-0.2, 0) is 4.74 Å². The van der Waals surface area contributed by atoms with Gasteiger partial charge in [-0.3, -0.25) is 4.90 Å². The Morgan fingerprint density at radius 1 is 1.16 bits per heavy atom. The Morgan fingerprint density at radius 3 is 2.76 bits per heavy atom. The van der Waals surface area contributed by atoms with Crippen molar-refractivity contribution in [1.29, 1.82) is 0 Å². The van der Waals surface area contributed by atoms with Crippen molar-refractivity contribution < 1.29 is 9.13 Å². The number of benzene rings is 1. The van der Waals surface area contributed by atoms with Crippen LogP contribution in [0.25, 0.3) is 11.3 Å². The lowest BCUT2D eigenvalue weighted by Crippen LogP contribution is -2.44. The van der Waals surface area contributed by atoms with E-state index in [4.69, 9.17) is 9.72 Å². The van der Waals surface area contributed by atoms with Gasteiger partial charge in [0.15, 0.2) is 5.13 Å². The van der Waals surface area contributed by atoms with Crippen molar-refractivity contribution in [2.24, 2.45) is 5.92 Å². The highest BCUT2D eigenvalue weighted by atomic mass is 32.1. The minimum absolute atomic E-state index is 0.207. The molecule has 0 aliphatic carbocycles. The van der Waals surface area contributed by atoms with Crippen LogP contribution in [0.5, 0.6) is 0 Å². The third-order valence-electron chi connectivity index (χ3n) is 5.04. The number of nitrogens with zero attached hydrogens (tertiary/aromatic N) is 3. The van der Waals surface area contributed by atoms with Gasteiger partial charge in [-0.1, -0.05) is 0 Å². The smallest absolute Gasteiger partial charge is 0.185 e. The Hall–Kier alpha value is -1.50. The number of piperidine rings is 1. The van der Waals surface area contributed by atoms with Crippen LogP contribution >= 0.6 is 11.3 Å². The molecule has 25 heavy (non-hydrogen) atoms. The molecule has 3 heterocycles. The second kappa shape index (κ2) is 7.81. The number of ether oxygens (including phenoxy) is 1. The number of hydrogen-bond acceptors (Lipinski definition) is 5. The van der Waals surface area contributed by atoms with Crippen LogP contribution in [0.3, 0.4) is 0 Å². The van der Waals surface area contributed by atoms with Crippen molar-refractivity contribution in [2.45, 2.75) is 12.8 Å². The van der Waals surface area contributed by atoms with Gasteiger partial charge in [0.05, 0.1) is 18.9 Å². The van der Waals surface area contributed by atoms with Crippen molar-refractivity contribution in [3.8, 4) is 11.3 Å². The highest BCUT2D eigenvalue weighted by molar-refractivity contribution is 7.14. The van der Waals surface area contributed by atoms with Crippen LogP contribution < -0.4 is 4.90 Å². The van der Waals surface area contributed by atoms with E-state index in [2.05, 4.69) is 15.2 Å². The summed E-state index contributed by atoms with van der Waals surface area (Å²) in [5, 5.41) is 3.17. The Kier molecular flexibility index (Phi) is 5.29. The lowest BCUT2D eigenvalue weighted by atomic mass is 9.97. The summed E-state index contributed by atoms with van der Waals surface area (Å²) < 4.78 is 18.5. The molecule has 1 unspecified atom stereocenters. The van der Waals surface area contributed by atoms with Crippen molar-refractivity contribution in [1.82, 2.24) is 9.88 Å². The lowest BCUT2D eigenvalue weighted by molar-refractivity contribution is 0.0296. The van der Waals surface area contributed by atoms with E-state index in [1.807, 2.05) is 0 Å². The second-order valence-corrected chi connectivity index (χ2v) is 7.73. The van der Waals surface area contributed by atoms with Gasteiger partial charge in [0.1, 0.15) is 5.82 Å². The molecule has 2 aliphatic heterocycles. The maximum absolute atomic E-state index is 13.1. The van der Waals surface area contributed by atoms with Gasteiger partial charge in [-0.25, -0.2) is 9.37 Å². The summed E-state index contributed by atoms with van der Waals surface area (Å²) in [7, 11) is 0. The first kappa shape index (κ1) is 16.9. The zero-order valence-corrected chi connectivity index (χ0v) is 15.2. The standard InChI is InChI=1S/C19H24FN3OS/c20-17-5-3-16(4-6-17)18-14-25-19(21-18)23-7-1-2-15(13-23)12-22-8-10-24-11-9-22/h3-6,14-15H,1-2,7-13H2. The van der Waals surface area contributed by atoms with Crippen LogP contribution in [0.15, 0.2) is 29.6 Å². The molecule has 1 atom stereocenters. The summed E-state index contributed by atoms with van der Waals surface area (Å²) in [4.78, 5) is 9.76. The molecule has 0 spiro atoms.